The first-order valence-electron chi connectivity index (χ1n) is 12.1. The Balaban J connectivity index is 1.51. The van der Waals surface area contributed by atoms with E-state index in [-0.39, 0.29) is 6.61 Å². The first-order valence-corrected chi connectivity index (χ1v) is 13.0. The molecule has 1 aliphatic carbocycles. The number of aliphatic hydroxyl groups excluding tert-OH is 1. The fourth-order valence-electron chi connectivity index (χ4n) is 5.27. The Hall–Kier alpha value is -2.81. The number of aryl methyl sites for hydroxylation is 1. The lowest BCUT2D eigenvalue weighted by molar-refractivity contribution is 0.122. The van der Waals surface area contributed by atoms with E-state index in [1.165, 1.54) is 34.9 Å². The van der Waals surface area contributed by atoms with Crippen LogP contribution in [0, 0.1) is 0 Å². The van der Waals surface area contributed by atoms with Gasteiger partial charge in [0, 0.05) is 31.6 Å². The van der Waals surface area contributed by atoms with Crippen molar-refractivity contribution in [2.24, 2.45) is 0 Å². The van der Waals surface area contributed by atoms with Crippen molar-refractivity contribution in [3.8, 4) is 0 Å². The maximum absolute atomic E-state index is 9.82. The third kappa shape index (κ3) is 3.89. The van der Waals surface area contributed by atoms with Gasteiger partial charge in [0.2, 0.25) is 0 Å². The molecule has 0 spiro atoms. The van der Waals surface area contributed by atoms with Crippen molar-refractivity contribution >= 4 is 43.4 Å². The van der Waals surface area contributed by atoms with Gasteiger partial charge in [0.1, 0.15) is 17.0 Å². The van der Waals surface area contributed by atoms with Crippen molar-refractivity contribution in [2.45, 2.75) is 32.2 Å². The molecule has 1 saturated heterocycles. The number of morpholine rings is 1. The number of anilines is 2. The van der Waals surface area contributed by atoms with Crippen molar-refractivity contribution in [1.29, 1.82) is 0 Å². The summed E-state index contributed by atoms with van der Waals surface area (Å²) in [6, 6.07) is 10.3. The number of aromatic nitrogens is 3. The van der Waals surface area contributed by atoms with E-state index in [1.54, 1.807) is 17.7 Å². The number of hydrogen-bond donors (Lipinski definition) is 1. The van der Waals surface area contributed by atoms with Crippen molar-refractivity contribution < 1.29 is 9.84 Å². The normalized spacial score (nSPS) is 16.2. The molecule has 1 aliphatic heterocycles. The van der Waals surface area contributed by atoms with Crippen LogP contribution in [0.5, 0.6) is 0 Å². The molecule has 0 saturated carbocycles. The number of benzene rings is 1. The van der Waals surface area contributed by atoms with E-state index in [1.807, 2.05) is 18.2 Å². The molecule has 1 aromatic carbocycles. The van der Waals surface area contributed by atoms with E-state index in [0.717, 1.165) is 65.8 Å². The van der Waals surface area contributed by atoms with Crippen LogP contribution < -0.4 is 9.80 Å². The zero-order valence-corrected chi connectivity index (χ0v) is 20.1. The molecule has 7 nitrogen and oxygen atoms in total. The van der Waals surface area contributed by atoms with E-state index in [9.17, 15) is 5.11 Å². The molecule has 0 radical (unpaired) electrons. The maximum atomic E-state index is 9.82. The Morgan fingerprint density at radius 1 is 1.03 bits per heavy atom. The molecule has 8 heteroatoms. The fraction of sp³-hybridized carbons (Fsp3) is 0.423. The number of fused-ring (bicyclic) bond motifs is 5. The number of thiophene rings is 1. The quantitative estimate of drug-likeness (QED) is 0.453. The van der Waals surface area contributed by atoms with Crippen LogP contribution in [0.1, 0.15) is 29.5 Å². The zero-order valence-electron chi connectivity index (χ0n) is 19.2. The van der Waals surface area contributed by atoms with E-state index < -0.39 is 0 Å². The van der Waals surface area contributed by atoms with Gasteiger partial charge in [-0.05, 0) is 42.4 Å². The molecule has 3 aromatic heterocycles. The predicted molar refractivity (Wildman–Crippen MR) is 137 cm³/mol. The maximum Gasteiger partial charge on any atom is 0.150 e. The van der Waals surface area contributed by atoms with Crippen LogP contribution in [-0.4, -0.2) is 59.5 Å². The van der Waals surface area contributed by atoms with Gasteiger partial charge < -0.3 is 19.6 Å². The number of rotatable bonds is 6. The van der Waals surface area contributed by atoms with E-state index in [2.05, 4.69) is 21.9 Å². The van der Waals surface area contributed by atoms with Crippen molar-refractivity contribution in [2.75, 3.05) is 49.3 Å². The average molecular weight is 476 g/mol. The molecule has 4 aromatic rings. The summed E-state index contributed by atoms with van der Waals surface area (Å²) in [5, 5.41) is 11.0. The SMILES string of the molecule is OCCN(Cc1ccccc1)c1ncnc2c1sc1nc(N3CCOCC3)c3c(c12)CCCC3. The van der Waals surface area contributed by atoms with Crippen LogP contribution in [0.25, 0.3) is 20.4 Å². The lowest BCUT2D eigenvalue weighted by Gasteiger charge is -2.31. The van der Waals surface area contributed by atoms with Crippen LogP contribution in [0.3, 0.4) is 0 Å². The topological polar surface area (TPSA) is 74.6 Å². The van der Waals surface area contributed by atoms with Crippen molar-refractivity contribution in [1.82, 2.24) is 15.0 Å². The Morgan fingerprint density at radius 3 is 2.62 bits per heavy atom. The minimum absolute atomic E-state index is 0.0675. The van der Waals surface area contributed by atoms with Crippen molar-refractivity contribution in [3.63, 3.8) is 0 Å². The van der Waals surface area contributed by atoms with Gasteiger partial charge in [0.25, 0.3) is 0 Å². The first kappa shape index (κ1) is 21.7. The highest BCUT2D eigenvalue weighted by Gasteiger charge is 2.27. The molecular formula is C26H29N5O2S. The first-order chi connectivity index (χ1) is 16.8. The van der Waals surface area contributed by atoms with Gasteiger partial charge in [0.15, 0.2) is 5.82 Å². The minimum atomic E-state index is 0.0675. The molecule has 4 heterocycles. The summed E-state index contributed by atoms with van der Waals surface area (Å²) >= 11 is 1.69. The van der Waals surface area contributed by atoms with Crippen LogP contribution in [-0.2, 0) is 24.1 Å². The number of aliphatic hydroxyl groups is 1. The molecule has 0 amide bonds. The number of hydrogen-bond acceptors (Lipinski definition) is 8. The fourth-order valence-corrected chi connectivity index (χ4v) is 6.45. The molecule has 6 rings (SSSR count). The molecule has 176 valence electrons. The summed E-state index contributed by atoms with van der Waals surface area (Å²) in [7, 11) is 0. The van der Waals surface area contributed by atoms with Gasteiger partial charge in [-0.15, -0.1) is 11.3 Å². The highest BCUT2D eigenvalue weighted by Crippen LogP contribution is 2.43. The van der Waals surface area contributed by atoms with Gasteiger partial charge in [-0.25, -0.2) is 15.0 Å². The second kappa shape index (κ2) is 9.44. The second-order valence-electron chi connectivity index (χ2n) is 8.99. The second-order valence-corrected chi connectivity index (χ2v) is 9.99. The van der Waals surface area contributed by atoms with Crippen molar-refractivity contribution in [3.05, 3.63) is 53.3 Å². The highest BCUT2D eigenvalue weighted by atomic mass is 32.1. The molecule has 1 N–H and O–H groups in total. The van der Waals surface area contributed by atoms with E-state index >= 15 is 0 Å². The summed E-state index contributed by atoms with van der Waals surface area (Å²) in [5.74, 6) is 2.02. The van der Waals surface area contributed by atoms with Crippen LogP contribution in [0.4, 0.5) is 11.6 Å². The average Bonchev–Trinajstić information content (AvgIpc) is 3.28. The third-order valence-electron chi connectivity index (χ3n) is 6.88. The third-order valence-corrected chi connectivity index (χ3v) is 7.95. The summed E-state index contributed by atoms with van der Waals surface area (Å²) in [5.41, 5.74) is 5.01. The number of nitrogens with zero attached hydrogens (tertiary/aromatic N) is 5. The highest BCUT2D eigenvalue weighted by molar-refractivity contribution is 7.26. The molecule has 0 atom stereocenters. The van der Waals surface area contributed by atoms with Crippen LogP contribution >= 0.6 is 11.3 Å². The van der Waals surface area contributed by atoms with Gasteiger partial charge in [-0.3, -0.25) is 0 Å². The molecule has 34 heavy (non-hydrogen) atoms. The molecular weight excluding hydrogens is 446 g/mol. The minimum Gasteiger partial charge on any atom is -0.395 e. The summed E-state index contributed by atoms with van der Waals surface area (Å²) in [6.07, 6.45) is 6.23. The van der Waals surface area contributed by atoms with Gasteiger partial charge in [-0.2, -0.15) is 0 Å². The summed E-state index contributed by atoms with van der Waals surface area (Å²) in [6.45, 7) is 4.56. The lowest BCUT2D eigenvalue weighted by Crippen LogP contribution is -2.37. The standard InChI is InChI=1S/C26H29N5O2S/c32-13-10-31(16-18-6-2-1-3-7-18)25-23-22(27-17-28-25)21-19-8-4-5-9-20(19)24(29-26(21)34-23)30-11-14-33-15-12-30/h1-3,6-7,17,32H,4-5,8-16H2. The van der Waals surface area contributed by atoms with E-state index in [4.69, 9.17) is 19.7 Å². The Kier molecular flexibility index (Phi) is 6.03. The summed E-state index contributed by atoms with van der Waals surface area (Å²) in [4.78, 5) is 20.3. The molecule has 0 bridgehead atoms. The lowest BCUT2D eigenvalue weighted by atomic mass is 9.90. The Bertz CT molecular complexity index is 1300. The monoisotopic (exact) mass is 475 g/mol. The number of pyridine rings is 1. The number of ether oxygens (including phenoxy) is 1. The Morgan fingerprint density at radius 2 is 1.82 bits per heavy atom. The van der Waals surface area contributed by atoms with Gasteiger partial charge in [0.05, 0.1) is 30.0 Å². The van der Waals surface area contributed by atoms with E-state index in [0.29, 0.717) is 13.1 Å². The predicted octanol–water partition coefficient (Wildman–Crippen LogP) is 3.95. The molecule has 2 aliphatic rings. The Labute approximate surface area is 203 Å². The van der Waals surface area contributed by atoms with Gasteiger partial charge in [-0.1, -0.05) is 30.3 Å². The van der Waals surface area contributed by atoms with Gasteiger partial charge >= 0.3 is 0 Å². The summed E-state index contributed by atoms with van der Waals surface area (Å²) < 4.78 is 6.66. The molecule has 0 unspecified atom stereocenters. The smallest absolute Gasteiger partial charge is 0.150 e. The van der Waals surface area contributed by atoms with Crippen LogP contribution in [0.2, 0.25) is 0 Å². The molecule has 1 fully saturated rings. The zero-order chi connectivity index (χ0) is 22.9. The van der Waals surface area contributed by atoms with Crippen LogP contribution in [0.15, 0.2) is 36.7 Å². The largest absolute Gasteiger partial charge is 0.395 e.